The molecule has 0 saturated heterocycles. The molecular weight excluding hydrogens is 296 g/mol. The van der Waals surface area contributed by atoms with Crippen molar-refractivity contribution in [2.24, 2.45) is 0 Å². The van der Waals surface area contributed by atoms with E-state index in [2.05, 4.69) is 10.3 Å². The number of aromatic nitrogens is 1. The lowest BCUT2D eigenvalue weighted by atomic mass is 10.3. The van der Waals surface area contributed by atoms with Crippen molar-refractivity contribution < 1.29 is 24.5 Å². The molecule has 8 heteroatoms. The Kier molecular flexibility index (Phi) is 4.72. The molecule has 0 unspecified atom stereocenters. The number of nitrogens with one attached hydrogen (secondary N) is 1. The Bertz CT molecular complexity index is 656. The van der Waals surface area contributed by atoms with E-state index in [0.29, 0.717) is 10.8 Å². The fourth-order valence-corrected chi connectivity index (χ4v) is 2.20. The summed E-state index contributed by atoms with van der Waals surface area (Å²) < 4.78 is 5.16. The Labute approximate surface area is 123 Å². The summed E-state index contributed by atoms with van der Waals surface area (Å²) in [5, 5.41) is 22.5. The lowest BCUT2D eigenvalue weighted by molar-refractivity contribution is -0.136. The number of amides is 1. The topological polar surface area (TPSA) is 109 Å². The quantitative estimate of drug-likeness (QED) is 0.746. The van der Waals surface area contributed by atoms with E-state index < -0.39 is 11.9 Å². The molecule has 0 spiro atoms. The van der Waals surface area contributed by atoms with Crippen LogP contribution in [0.15, 0.2) is 29.6 Å². The highest BCUT2D eigenvalue weighted by atomic mass is 32.1. The number of carboxylic acid groups (broad SMARTS) is 1. The van der Waals surface area contributed by atoms with Gasteiger partial charge in [0.2, 0.25) is 0 Å². The zero-order valence-electron chi connectivity index (χ0n) is 10.8. The first-order valence-corrected chi connectivity index (χ1v) is 6.79. The number of benzene rings is 1. The van der Waals surface area contributed by atoms with Crippen molar-refractivity contribution in [1.29, 1.82) is 0 Å². The van der Waals surface area contributed by atoms with Gasteiger partial charge in [-0.05, 0) is 12.1 Å². The average molecular weight is 308 g/mol. The van der Waals surface area contributed by atoms with Crippen LogP contribution in [0.3, 0.4) is 0 Å². The number of carbonyl (C=O) groups is 2. The Hall–Kier alpha value is -2.61. The van der Waals surface area contributed by atoms with Crippen LogP contribution >= 0.6 is 11.3 Å². The van der Waals surface area contributed by atoms with Gasteiger partial charge in [0.1, 0.15) is 0 Å². The van der Waals surface area contributed by atoms with Crippen molar-refractivity contribution in [1.82, 2.24) is 4.98 Å². The van der Waals surface area contributed by atoms with Crippen molar-refractivity contribution in [2.75, 3.05) is 11.9 Å². The standard InChI is InChI=1S/C13H12N2O5S/c16-9-3-1-2-4-10(9)20-6-11(17)15-13-14-8(7-21-13)5-12(18)19/h1-4,7,16H,5-6H2,(H,18,19)(H,14,15,17). The number of carbonyl (C=O) groups excluding carboxylic acids is 1. The molecule has 1 heterocycles. The van der Waals surface area contributed by atoms with E-state index in [1.807, 2.05) is 0 Å². The maximum absolute atomic E-state index is 11.7. The van der Waals surface area contributed by atoms with Crippen molar-refractivity contribution in [3.05, 3.63) is 35.3 Å². The minimum atomic E-state index is -0.985. The van der Waals surface area contributed by atoms with Crippen LogP contribution in [0.4, 0.5) is 5.13 Å². The van der Waals surface area contributed by atoms with Crippen molar-refractivity contribution in [2.45, 2.75) is 6.42 Å². The lowest BCUT2D eigenvalue weighted by Crippen LogP contribution is -2.20. The van der Waals surface area contributed by atoms with Crippen LogP contribution in [-0.4, -0.2) is 33.7 Å². The van der Waals surface area contributed by atoms with Gasteiger partial charge in [-0.15, -0.1) is 11.3 Å². The molecule has 1 amide bonds. The Morgan fingerprint density at radius 1 is 1.33 bits per heavy atom. The van der Waals surface area contributed by atoms with E-state index in [-0.39, 0.29) is 24.5 Å². The van der Waals surface area contributed by atoms with E-state index in [1.165, 1.54) is 12.1 Å². The van der Waals surface area contributed by atoms with Crippen LogP contribution in [0.1, 0.15) is 5.69 Å². The molecule has 2 aromatic rings. The van der Waals surface area contributed by atoms with Crippen LogP contribution in [0.2, 0.25) is 0 Å². The van der Waals surface area contributed by atoms with Gasteiger partial charge in [0.15, 0.2) is 23.2 Å². The third-order valence-corrected chi connectivity index (χ3v) is 3.16. The first kappa shape index (κ1) is 14.8. The second kappa shape index (κ2) is 6.71. The summed E-state index contributed by atoms with van der Waals surface area (Å²) in [4.78, 5) is 26.1. The smallest absolute Gasteiger partial charge is 0.309 e. The zero-order chi connectivity index (χ0) is 15.2. The number of hydrogen-bond acceptors (Lipinski definition) is 6. The van der Waals surface area contributed by atoms with Crippen LogP contribution in [0.25, 0.3) is 0 Å². The number of carboxylic acids is 1. The molecule has 110 valence electrons. The van der Waals surface area contributed by atoms with Crippen LogP contribution < -0.4 is 10.1 Å². The third-order valence-electron chi connectivity index (χ3n) is 2.35. The average Bonchev–Trinajstić information content (AvgIpc) is 2.84. The summed E-state index contributed by atoms with van der Waals surface area (Å²) in [5.41, 5.74) is 0.379. The molecule has 0 bridgehead atoms. The van der Waals surface area contributed by atoms with Crippen molar-refractivity contribution in [3.63, 3.8) is 0 Å². The van der Waals surface area contributed by atoms with E-state index >= 15 is 0 Å². The molecule has 0 aliphatic rings. The van der Waals surface area contributed by atoms with Crippen LogP contribution in [0, 0.1) is 0 Å². The maximum atomic E-state index is 11.7. The highest BCUT2D eigenvalue weighted by Crippen LogP contribution is 2.24. The second-order valence-corrected chi connectivity index (χ2v) is 4.88. The fraction of sp³-hybridized carbons (Fsp3) is 0.154. The molecule has 1 aromatic heterocycles. The molecule has 0 saturated carbocycles. The number of ether oxygens (including phenoxy) is 1. The van der Waals surface area contributed by atoms with Crippen LogP contribution in [0.5, 0.6) is 11.5 Å². The molecule has 0 atom stereocenters. The summed E-state index contributed by atoms with van der Waals surface area (Å²) in [7, 11) is 0. The van der Waals surface area contributed by atoms with Gasteiger partial charge in [0.25, 0.3) is 5.91 Å². The summed E-state index contributed by atoms with van der Waals surface area (Å²) >= 11 is 1.13. The second-order valence-electron chi connectivity index (χ2n) is 4.02. The molecule has 7 nitrogen and oxygen atoms in total. The number of thiazole rings is 1. The van der Waals surface area contributed by atoms with E-state index in [1.54, 1.807) is 17.5 Å². The molecule has 0 aliphatic heterocycles. The lowest BCUT2D eigenvalue weighted by Gasteiger charge is -2.06. The number of anilines is 1. The summed E-state index contributed by atoms with van der Waals surface area (Å²) in [6, 6.07) is 6.30. The van der Waals surface area contributed by atoms with Gasteiger partial charge in [-0.25, -0.2) is 4.98 Å². The number of phenolic OH excluding ortho intramolecular Hbond substituents is 1. The normalized spacial score (nSPS) is 10.1. The Morgan fingerprint density at radius 2 is 2.10 bits per heavy atom. The monoisotopic (exact) mass is 308 g/mol. The molecule has 0 radical (unpaired) electrons. The molecule has 0 fully saturated rings. The molecule has 21 heavy (non-hydrogen) atoms. The predicted molar refractivity (Wildman–Crippen MR) is 75.7 cm³/mol. The largest absolute Gasteiger partial charge is 0.504 e. The number of phenols is 1. The Balaban J connectivity index is 1.86. The van der Waals surface area contributed by atoms with Crippen molar-refractivity contribution in [3.8, 4) is 11.5 Å². The number of rotatable bonds is 6. The molecular formula is C13H12N2O5S. The number of aliphatic carboxylic acids is 1. The van der Waals surface area contributed by atoms with Gasteiger partial charge < -0.3 is 14.9 Å². The predicted octanol–water partition coefficient (Wildman–Crippen LogP) is 1.49. The number of aromatic hydroxyl groups is 1. The fourth-order valence-electron chi connectivity index (χ4n) is 1.48. The minimum absolute atomic E-state index is 0.0525. The van der Waals surface area contributed by atoms with Gasteiger partial charge in [-0.3, -0.25) is 14.9 Å². The molecule has 3 N–H and O–H groups in total. The van der Waals surface area contributed by atoms with Gasteiger partial charge in [0, 0.05) is 5.38 Å². The summed E-state index contributed by atoms with van der Waals surface area (Å²) in [5.74, 6) is -1.28. The van der Waals surface area contributed by atoms with E-state index in [4.69, 9.17) is 9.84 Å². The van der Waals surface area contributed by atoms with E-state index in [0.717, 1.165) is 11.3 Å². The zero-order valence-corrected chi connectivity index (χ0v) is 11.6. The highest BCUT2D eigenvalue weighted by Gasteiger charge is 2.10. The summed E-state index contributed by atoms with van der Waals surface area (Å²) in [6.45, 7) is -0.286. The first-order valence-electron chi connectivity index (χ1n) is 5.91. The van der Waals surface area contributed by atoms with Gasteiger partial charge in [-0.2, -0.15) is 0 Å². The first-order chi connectivity index (χ1) is 10.0. The number of hydrogen-bond donors (Lipinski definition) is 3. The number of para-hydroxylation sites is 2. The van der Waals surface area contributed by atoms with Gasteiger partial charge in [-0.1, -0.05) is 12.1 Å². The molecule has 2 rings (SSSR count). The number of nitrogens with zero attached hydrogens (tertiary/aromatic N) is 1. The summed E-state index contributed by atoms with van der Waals surface area (Å²) in [6.07, 6.45) is -0.194. The van der Waals surface area contributed by atoms with Gasteiger partial charge in [0.05, 0.1) is 12.1 Å². The highest BCUT2D eigenvalue weighted by molar-refractivity contribution is 7.13. The molecule has 0 aliphatic carbocycles. The Morgan fingerprint density at radius 3 is 2.81 bits per heavy atom. The van der Waals surface area contributed by atoms with E-state index in [9.17, 15) is 14.7 Å². The maximum Gasteiger partial charge on any atom is 0.309 e. The SMILES string of the molecule is O=C(O)Cc1csc(NC(=O)COc2ccccc2O)n1. The minimum Gasteiger partial charge on any atom is -0.504 e. The van der Waals surface area contributed by atoms with Crippen molar-refractivity contribution >= 4 is 28.3 Å². The third kappa shape index (κ3) is 4.46. The van der Waals surface area contributed by atoms with Gasteiger partial charge >= 0.3 is 5.97 Å². The van der Waals surface area contributed by atoms with Crippen LogP contribution in [-0.2, 0) is 16.0 Å². The molecule has 1 aromatic carbocycles.